The van der Waals surface area contributed by atoms with Gasteiger partial charge >= 0.3 is 0 Å². The first-order valence-electron chi connectivity index (χ1n) is 5.24. The molecular weight excluding hydrogens is 338 g/mol. The molecule has 0 atom stereocenters. The molecule has 7 nitrogen and oxygen atoms in total. The predicted octanol–water partition coefficient (Wildman–Crippen LogP) is 0.0103. The number of benzene rings is 1. The van der Waals surface area contributed by atoms with E-state index in [2.05, 4.69) is 21.2 Å². The zero-order chi connectivity index (χ0) is 14.5. The smallest absolute Gasteiger partial charge is 0.250 e. The van der Waals surface area contributed by atoms with Gasteiger partial charge in [0.1, 0.15) is 6.61 Å². The van der Waals surface area contributed by atoms with Gasteiger partial charge in [0.25, 0.3) is 0 Å². The molecule has 0 bridgehead atoms. The molecule has 1 aromatic rings. The second-order valence-corrected chi connectivity index (χ2v) is 5.99. The van der Waals surface area contributed by atoms with E-state index in [1.54, 1.807) is 0 Å². The van der Waals surface area contributed by atoms with Crippen LogP contribution < -0.4 is 16.2 Å². The predicted molar refractivity (Wildman–Crippen MR) is 74.0 cm³/mol. The van der Waals surface area contributed by atoms with Gasteiger partial charge < -0.3 is 15.8 Å². The van der Waals surface area contributed by atoms with Gasteiger partial charge in [-0.1, -0.05) is 0 Å². The second kappa shape index (κ2) is 6.96. The Hall–Kier alpha value is -1.00. The van der Waals surface area contributed by atoms with E-state index in [0.717, 1.165) is 0 Å². The maximum Gasteiger partial charge on any atom is 0.250 e. The van der Waals surface area contributed by atoms with Crippen LogP contribution >= 0.6 is 15.9 Å². The van der Waals surface area contributed by atoms with E-state index < -0.39 is 10.0 Å². The Labute approximate surface area is 119 Å². The van der Waals surface area contributed by atoms with Gasteiger partial charge in [-0.25, -0.2) is 13.6 Å². The normalized spacial score (nSPS) is 11.3. The molecule has 0 aliphatic rings. The minimum Gasteiger partial charge on any atom is -0.370 e. The molecule has 0 saturated heterocycles. The summed E-state index contributed by atoms with van der Waals surface area (Å²) < 4.78 is 27.6. The van der Waals surface area contributed by atoms with Crippen LogP contribution in [0.3, 0.4) is 0 Å². The first-order chi connectivity index (χ1) is 8.84. The summed E-state index contributed by atoms with van der Waals surface area (Å²) in [5, 5.41) is 7.55. The topological polar surface area (TPSA) is 125 Å². The number of hydrogen-bond acceptors (Lipinski definition) is 5. The van der Waals surface area contributed by atoms with E-state index in [-0.39, 0.29) is 17.4 Å². The number of anilines is 1. The maximum absolute atomic E-state index is 11.5. The van der Waals surface area contributed by atoms with Gasteiger partial charge in [-0.15, -0.1) is 0 Å². The van der Waals surface area contributed by atoms with E-state index in [0.29, 0.717) is 23.3 Å². The van der Waals surface area contributed by atoms with Gasteiger partial charge in [-0.3, -0.25) is 4.79 Å². The number of nitrogens with one attached hydrogen (secondary N) is 1. The summed E-state index contributed by atoms with van der Waals surface area (Å²) in [6.45, 7) is 0.500. The molecule has 0 aliphatic heterocycles. The Morgan fingerprint density at radius 3 is 2.63 bits per heavy atom. The van der Waals surface area contributed by atoms with Crippen molar-refractivity contribution in [3.8, 4) is 0 Å². The molecule has 0 heterocycles. The average molecular weight is 352 g/mol. The molecule has 0 spiro atoms. The molecular formula is C10H14BrN3O4S. The lowest BCUT2D eigenvalue weighted by molar-refractivity contribution is -0.120. The number of rotatable bonds is 6. The van der Waals surface area contributed by atoms with Gasteiger partial charge in [-0.2, -0.15) is 0 Å². The number of primary sulfonamides is 1. The Morgan fingerprint density at radius 2 is 2.11 bits per heavy atom. The Morgan fingerprint density at radius 1 is 1.42 bits per heavy atom. The standard InChI is InChI=1S/C10H14BrN3O4S/c11-8-5-7(19(13,16)17)1-2-9(8)14-10(15)6-18-4-3-12/h1-2,5H,3-4,6,12H2,(H,14,15)(H2,13,16,17). The number of amides is 1. The summed E-state index contributed by atoms with van der Waals surface area (Å²) in [6.07, 6.45) is 0. The van der Waals surface area contributed by atoms with Gasteiger partial charge in [0, 0.05) is 11.0 Å². The molecule has 0 aliphatic carbocycles. The highest BCUT2D eigenvalue weighted by Gasteiger charge is 2.11. The van der Waals surface area contributed by atoms with Gasteiger partial charge in [0.05, 0.1) is 17.2 Å². The van der Waals surface area contributed by atoms with Crippen LogP contribution in [0.5, 0.6) is 0 Å². The molecule has 0 aromatic heterocycles. The number of halogens is 1. The van der Waals surface area contributed by atoms with Crippen LogP contribution in [0.1, 0.15) is 0 Å². The Bertz CT molecular complexity index is 562. The molecule has 9 heteroatoms. The summed E-state index contributed by atoms with van der Waals surface area (Å²) in [4.78, 5) is 11.4. The van der Waals surface area contributed by atoms with Crippen molar-refractivity contribution < 1.29 is 17.9 Å². The summed E-state index contributed by atoms with van der Waals surface area (Å²) in [6, 6.07) is 4.05. The molecule has 1 amide bonds. The van der Waals surface area contributed by atoms with Crippen LogP contribution in [-0.4, -0.2) is 34.1 Å². The first-order valence-corrected chi connectivity index (χ1v) is 7.58. The van der Waals surface area contributed by atoms with Crippen molar-refractivity contribution in [2.75, 3.05) is 25.1 Å². The zero-order valence-corrected chi connectivity index (χ0v) is 12.3. The maximum atomic E-state index is 11.5. The van der Waals surface area contributed by atoms with Gasteiger partial charge in [-0.05, 0) is 34.1 Å². The summed E-state index contributed by atoms with van der Waals surface area (Å²) in [5.74, 6) is -0.363. The lowest BCUT2D eigenvalue weighted by Gasteiger charge is -2.08. The molecule has 1 rings (SSSR count). The number of carbonyl (C=O) groups is 1. The van der Waals surface area contributed by atoms with E-state index in [1.165, 1.54) is 18.2 Å². The summed E-state index contributed by atoms with van der Waals surface area (Å²) in [5.41, 5.74) is 5.64. The van der Waals surface area contributed by atoms with E-state index in [4.69, 9.17) is 15.6 Å². The van der Waals surface area contributed by atoms with Crippen LogP contribution in [0.4, 0.5) is 5.69 Å². The number of nitrogens with two attached hydrogens (primary N) is 2. The highest BCUT2D eigenvalue weighted by Crippen LogP contribution is 2.25. The van der Waals surface area contributed by atoms with Crippen molar-refractivity contribution in [3.05, 3.63) is 22.7 Å². The lowest BCUT2D eigenvalue weighted by atomic mass is 10.3. The molecule has 0 fully saturated rings. The molecule has 5 N–H and O–H groups in total. The molecule has 0 unspecified atom stereocenters. The van der Waals surface area contributed by atoms with Gasteiger partial charge in [0.2, 0.25) is 15.9 Å². The molecule has 1 aromatic carbocycles. The summed E-state index contributed by atoms with van der Waals surface area (Å²) in [7, 11) is -3.77. The van der Waals surface area contributed by atoms with E-state index in [1.807, 2.05) is 0 Å². The highest BCUT2D eigenvalue weighted by molar-refractivity contribution is 9.10. The van der Waals surface area contributed by atoms with Crippen LogP contribution in [0.25, 0.3) is 0 Å². The van der Waals surface area contributed by atoms with Crippen molar-refractivity contribution in [1.29, 1.82) is 0 Å². The molecule has 0 saturated carbocycles. The van der Waals surface area contributed by atoms with Crippen molar-refractivity contribution in [2.24, 2.45) is 10.9 Å². The van der Waals surface area contributed by atoms with Crippen molar-refractivity contribution >= 4 is 37.5 Å². The van der Waals surface area contributed by atoms with Crippen LogP contribution in [0.2, 0.25) is 0 Å². The Balaban J connectivity index is 2.73. The van der Waals surface area contributed by atoms with E-state index in [9.17, 15) is 13.2 Å². The summed E-state index contributed by atoms with van der Waals surface area (Å²) >= 11 is 3.15. The quantitative estimate of drug-likeness (QED) is 0.622. The third kappa shape index (κ3) is 5.25. The minimum atomic E-state index is -3.77. The number of ether oxygens (including phenoxy) is 1. The minimum absolute atomic E-state index is 0.0447. The van der Waals surface area contributed by atoms with Crippen molar-refractivity contribution in [3.63, 3.8) is 0 Å². The number of carbonyl (C=O) groups excluding carboxylic acids is 1. The lowest BCUT2D eigenvalue weighted by Crippen LogP contribution is -2.21. The largest absolute Gasteiger partial charge is 0.370 e. The van der Waals surface area contributed by atoms with Crippen LogP contribution in [0.15, 0.2) is 27.6 Å². The van der Waals surface area contributed by atoms with Crippen LogP contribution in [0, 0.1) is 0 Å². The average Bonchev–Trinajstić information content (AvgIpc) is 2.31. The van der Waals surface area contributed by atoms with Crippen molar-refractivity contribution in [2.45, 2.75) is 4.90 Å². The second-order valence-electron chi connectivity index (χ2n) is 3.58. The molecule has 19 heavy (non-hydrogen) atoms. The third-order valence-electron chi connectivity index (χ3n) is 2.04. The number of hydrogen-bond donors (Lipinski definition) is 3. The third-order valence-corrected chi connectivity index (χ3v) is 3.61. The number of sulfonamides is 1. The molecule has 0 radical (unpaired) electrons. The van der Waals surface area contributed by atoms with E-state index >= 15 is 0 Å². The van der Waals surface area contributed by atoms with Crippen LogP contribution in [-0.2, 0) is 19.6 Å². The first kappa shape index (κ1) is 16.1. The van der Waals surface area contributed by atoms with Gasteiger partial charge in [0.15, 0.2) is 0 Å². The SMILES string of the molecule is NCCOCC(=O)Nc1ccc(S(N)(=O)=O)cc1Br. The zero-order valence-electron chi connectivity index (χ0n) is 9.93. The fourth-order valence-corrected chi connectivity index (χ4v) is 2.38. The monoisotopic (exact) mass is 351 g/mol. The fraction of sp³-hybridized carbons (Fsp3) is 0.300. The fourth-order valence-electron chi connectivity index (χ4n) is 1.21. The highest BCUT2D eigenvalue weighted by atomic mass is 79.9. The van der Waals surface area contributed by atoms with Crippen molar-refractivity contribution in [1.82, 2.24) is 0 Å². The Kier molecular flexibility index (Phi) is 5.88. The molecule has 106 valence electrons.